The van der Waals surface area contributed by atoms with Gasteiger partial charge in [0.2, 0.25) is 0 Å². The van der Waals surface area contributed by atoms with Gasteiger partial charge in [-0.1, -0.05) is 6.07 Å². The Hall–Kier alpha value is -1.74. The molecule has 0 aliphatic rings. The molecule has 1 aromatic carbocycles. The minimum atomic E-state index is -4.53. The van der Waals surface area contributed by atoms with Crippen molar-refractivity contribution >= 4 is 0 Å². The zero-order chi connectivity index (χ0) is 16.3. The Labute approximate surface area is 122 Å². The van der Waals surface area contributed by atoms with Gasteiger partial charge in [0, 0.05) is 12.1 Å². The fourth-order valence-corrected chi connectivity index (χ4v) is 1.60. The standard InChI is InChI=1S/C15H19F3N2O/c1-10(8-19)21-13-6-5-11(9-20-14(2,3)4)7-12(13)15(16,17)18/h5-7,10,20H,9H2,1-4H3. The third-order valence-electron chi connectivity index (χ3n) is 2.66. The summed E-state index contributed by atoms with van der Waals surface area (Å²) in [5.74, 6) is -0.323. The van der Waals surface area contributed by atoms with Crippen LogP contribution in [0, 0.1) is 11.3 Å². The fraction of sp³-hybridized carbons (Fsp3) is 0.533. The maximum absolute atomic E-state index is 13.1. The van der Waals surface area contributed by atoms with Gasteiger partial charge >= 0.3 is 6.18 Å². The minimum Gasteiger partial charge on any atom is -0.475 e. The largest absolute Gasteiger partial charge is 0.475 e. The van der Waals surface area contributed by atoms with E-state index in [1.807, 2.05) is 20.8 Å². The lowest BCUT2D eigenvalue weighted by Gasteiger charge is -2.21. The number of hydrogen-bond acceptors (Lipinski definition) is 3. The van der Waals surface area contributed by atoms with Crippen LogP contribution in [0.15, 0.2) is 18.2 Å². The highest BCUT2D eigenvalue weighted by Crippen LogP contribution is 2.37. The van der Waals surface area contributed by atoms with Crippen molar-refractivity contribution in [2.75, 3.05) is 0 Å². The van der Waals surface area contributed by atoms with E-state index < -0.39 is 17.8 Å². The molecule has 1 atom stereocenters. The van der Waals surface area contributed by atoms with Crippen LogP contribution in [-0.2, 0) is 12.7 Å². The van der Waals surface area contributed by atoms with Gasteiger partial charge in [0.05, 0.1) is 5.56 Å². The maximum Gasteiger partial charge on any atom is 0.419 e. The third kappa shape index (κ3) is 5.64. The molecule has 6 heteroatoms. The van der Waals surface area contributed by atoms with Gasteiger partial charge in [-0.2, -0.15) is 18.4 Å². The quantitative estimate of drug-likeness (QED) is 0.917. The number of hydrogen-bond donors (Lipinski definition) is 1. The van der Waals surface area contributed by atoms with E-state index in [2.05, 4.69) is 5.32 Å². The number of alkyl halides is 3. The van der Waals surface area contributed by atoms with E-state index in [0.29, 0.717) is 12.1 Å². The third-order valence-corrected chi connectivity index (χ3v) is 2.66. The van der Waals surface area contributed by atoms with Gasteiger partial charge < -0.3 is 10.1 Å². The first-order valence-corrected chi connectivity index (χ1v) is 6.54. The average Bonchev–Trinajstić information content (AvgIpc) is 2.35. The first-order valence-electron chi connectivity index (χ1n) is 6.54. The predicted octanol–water partition coefficient (Wildman–Crippen LogP) is 3.88. The predicted molar refractivity (Wildman–Crippen MR) is 73.7 cm³/mol. The van der Waals surface area contributed by atoms with Crippen molar-refractivity contribution < 1.29 is 17.9 Å². The number of nitriles is 1. The Morgan fingerprint density at radius 3 is 2.38 bits per heavy atom. The molecule has 0 saturated heterocycles. The van der Waals surface area contributed by atoms with E-state index in [1.165, 1.54) is 13.0 Å². The van der Waals surface area contributed by atoms with E-state index in [9.17, 15) is 13.2 Å². The molecular formula is C15H19F3N2O. The Balaban J connectivity index is 3.05. The molecule has 0 heterocycles. The molecule has 0 fully saturated rings. The van der Waals surface area contributed by atoms with Crippen molar-refractivity contribution in [1.82, 2.24) is 5.32 Å². The Morgan fingerprint density at radius 2 is 1.90 bits per heavy atom. The summed E-state index contributed by atoms with van der Waals surface area (Å²) in [6.45, 7) is 7.52. The molecule has 21 heavy (non-hydrogen) atoms. The zero-order valence-electron chi connectivity index (χ0n) is 12.5. The van der Waals surface area contributed by atoms with Crippen LogP contribution in [0.4, 0.5) is 13.2 Å². The van der Waals surface area contributed by atoms with Crippen LogP contribution in [0.5, 0.6) is 5.75 Å². The van der Waals surface area contributed by atoms with E-state index in [-0.39, 0.29) is 11.3 Å². The lowest BCUT2D eigenvalue weighted by molar-refractivity contribution is -0.139. The maximum atomic E-state index is 13.1. The second kappa shape index (κ2) is 6.35. The molecule has 0 spiro atoms. The van der Waals surface area contributed by atoms with Crippen LogP contribution in [-0.4, -0.2) is 11.6 Å². The fourth-order valence-electron chi connectivity index (χ4n) is 1.60. The van der Waals surface area contributed by atoms with Gasteiger partial charge in [0.1, 0.15) is 11.8 Å². The lowest BCUT2D eigenvalue weighted by atomic mass is 10.1. The molecular weight excluding hydrogens is 281 g/mol. The van der Waals surface area contributed by atoms with Crippen LogP contribution in [0.25, 0.3) is 0 Å². The minimum absolute atomic E-state index is 0.192. The van der Waals surface area contributed by atoms with Crippen molar-refractivity contribution in [3.8, 4) is 11.8 Å². The van der Waals surface area contributed by atoms with Gasteiger partial charge in [-0.15, -0.1) is 0 Å². The molecule has 116 valence electrons. The summed E-state index contributed by atoms with van der Waals surface area (Å²) in [4.78, 5) is 0. The van der Waals surface area contributed by atoms with Crippen molar-refractivity contribution in [1.29, 1.82) is 5.26 Å². The molecule has 1 aromatic rings. The topological polar surface area (TPSA) is 45.0 Å². The monoisotopic (exact) mass is 300 g/mol. The first kappa shape index (κ1) is 17.3. The number of nitrogens with zero attached hydrogens (tertiary/aromatic N) is 1. The SMILES string of the molecule is CC(C#N)Oc1ccc(CNC(C)(C)C)cc1C(F)(F)F. The number of nitrogens with one attached hydrogen (secondary N) is 1. The molecule has 1 unspecified atom stereocenters. The van der Waals surface area contributed by atoms with Crippen LogP contribution >= 0.6 is 0 Å². The molecule has 3 nitrogen and oxygen atoms in total. The average molecular weight is 300 g/mol. The summed E-state index contributed by atoms with van der Waals surface area (Å²) in [5.41, 5.74) is -0.546. The summed E-state index contributed by atoms with van der Waals surface area (Å²) in [6.07, 6.45) is -5.47. The highest BCUT2D eigenvalue weighted by Gasteiger charge is 2.35. The van der Waals surface area contributed by atoms with Crippen LogP contribution in [0.2, 0.25) is 0 Å². The number of benzene rings is 1. The van der Waals surface area contributed by atoms with Gasteiger partial charge in [0.25, 0.3) is 0 Å². The second-order valence-electron chi connectivity index (χ2n) is 5.82. The zero-order valence-corrected chi connectivity index (χ0v) is 12.5. The lowest BCUT2D eigenvalue weighted by Crippen LogP contribution is -2.35. The number of halogens is 3. The molecule has 0 amide bonds. The molecule has 0 aliphatic carbocycles. The van der Waals surface area contributed by atoms with Crippen molar-refractivity contribution in [3.05, 3.63) is 29.3 Å². The summed E-state index contributed by atoms with van der Waals surface area (Å²) in [6, 6.07) is 5.63. The highest BCUT2D eigenvalue weighted by atomic mass is 19.4. The van der Waals surface area contributed by atoms with Crippen molar-refractivity contribution in [2.24, 2.45) is 0 Å². The summed E-state index contributed by atoms with van der Waals surface area (Å²) in [5, 5.41) is 11.8. The van der Waals surface area contributed by atoms with Crippen molar-refractivity contribution in [2.45, 2.75) is 52.1 Å². The molecule has 0 aromatic heterocycles. The molecule has 0 saturated carbocycles. The van der Waals surface area contributed by atoms with Gasteiger partial charge in [-0.25, -0.2) is 0 Å². The van der Waals surface area contributed by atoms with Crippen molar-refractivity contribution in [3.63, 3.8) is 0 Å². The Kier molecular flexibility index (Phi) is 5.24. The Bertz CT molecular complexity index is 527. The molecule has 0 aliphatic heterocycles. The number of ether oxygens (including phenoxy) is 1. The van der Waals surface area contributed by atoms with E-state index in [4.69, 9.17) is 10.00 Å². The molecule has 1 N–H and O–H groups in total. The molecule has 0 bridgehead atoms. The summed E-state index contributed by atoms with van der Waals surface area (Å²) >= 11 is 0. The van der Waals surface area contributed by atoms with Gasteiger partial charge in [-0.05, 0) is 45.4 Å². The smallest absolute Gasteiger partial charge is 0.419 e. The second-order valence-corrected chi connectivity index (χ2v) is 5.82. The highest BCUT2D eigenvalue weighted by molar-refractivity contribution is 5.39. The van der Waals surface area contributed by atoms with Crippen LogP contribution in [0.1, 0.15) is 38.8 Å². The first-order chi connectivity index (χ1) is 9.53. The van der Waals surface area contributed by atoms with Gasteiger partial charge in [-0.3, -0.25) is 0 Å². The van der Waals surface area contributed by atoms with E-state index in [1.54, 1.807) is 12.1 Å². The van der Waals surface area contributed by atoms with E-state index in [0.717, 1.165) is 6.07 Å². The summed E-state index contributed by atoms with van der Waals surface area (Å²) < 4.78 is 44.2. The molecule has 1 rings (SSSR count). The summed E-state index contributed by atoms with van der Waals surface area (Å²) in [7, 11) is 0. The Morgan fingerprint density at radius 1 is 1.29 bits per heavy atom. The molecule has 0 radical (unpaired) electrons. The number of rotatable bonds is 4. The van der Waals surface area contributed by atoms with E-state index >= 15 is 0 Å². The van der Waals surface area contributed by atoms with Crippen LogP contribution < -0.4 is 10.1 Å². The van der Waals surface area contributed by atoms with Gasteiger partial charge in [0.15, 0.2) is 6.10 Å². The normalized spacial score (nSPS) is 13.6. The van der Waals surface area contributed by atoms with Crippen LogP contribution in [0.3, 0.4) is 0 Å².